The molecular formula is C19H22FN3O4S. The van der Waals surface area contributed by atoms with Gasteiger partial charge in [0.05, 0.1) is 24.2 Å². The first kappa shape index (κ1) is 20.2. The van der Waals surface area contributed by atoms with Crippen LogP contribution < -0.4 is 10.1 Å². The lowest BCUT2D eigenvalue weighted by molar-refractivity contribution is -0.117. The van der Waals surface area contributed by atoms with Gasteiger partial charge in [0.25, 0.3) is 0 Å². The van der Waals surface area contributed by atoms with Gasteiger partial charge >= 0.3 is 0 Å². The topological polar surface area (TPSA) is 79.0 Å². The molecule has 0 aromatic heterocycles. The first-order valence-corrected chi connectivity index (χ1v) is 10.2. The van der Waals surface area contributed by atoms with Crippen molar-refractivity contribution in [1.29, 1.82) is 0 Å². The first-order chi connectivity index (χ1) is 13.4. The van der Waals surface area contributed by atoms with E-state index in [0.29, 0.717) is 24.5 Å². The number of carbonyl (C=O) groups excluding carboxylic acids is 1. The van der Waals surface area contributed by atoms with Gasteiger partial charge in [0, 0.05) is 26.2 Å². The van der Waals surface area contributed by atoms with Crippen molar-refractivity contribution in [2.75, 3.05) is 45.2 Å². The van der Waals surface area contributed by atoms with Gasteiger partial charge in [-0.1, -0.05) is 18.2 Å². The summed E-state index contributed by atoms with van der Waals surface area (Å²) in [6, 6.07) is 12.1. The van der Waals surface area contributed by atoms with E-state index in [9.17, 15) is 17.6 Å². The number of anilines is 1. The maximum atomic E-state index is 13.4. The number of methoxy groups -OCH3 is 1. The SMILES string of the molecule is COc1ccccc1NC(=O)CN1CCN(S(=O)(=O)c2cccc(F)c2)CC1. The second kappa shape index (κ2) is 8.68. The number of rotatable bonds is 6. The lowest BCUT2D eigenvalue weighted by Gasteiger charge is -2.33. The van der Waals surface area contributed by atoms with E-state index in [1.807, 2.05) is 11.0 Å². The quantitative estimate of drug-likeness (QED) is 0.790. The summed E-state index contributed by atoms with van der Waals surface area (Å²) in [4.78, 5) is 14.1. The van der Waals surface area contributed by atoms with Crippen LogP contribution >= 0.6 is 0 Å². The van der Waals surface area contributed by atoms with Gasteiger partial charge in [-0.3, -0.25) is 9.69 Å². The number of carbonyl (C=O) groups is 1. The minimum atomic E-state index is -3.74. The van der Waals surface area contributed by atoms with Gasteiger partial charge in [0.15, 0.2) is 0 Å². The molecule has 2 aromatic rings. The summed E-state index contributed by atoms with van der Waals surface area (Å²) in [7, 11) is -2.21. The Morgan fingerprint density at radius 3 is 2.50 bits per heavy atom. The van der Waals surface area contributed by atoms with Crippen LogP contribution in [0.25, 0.3) is 0 Å². The van der Waals surface area contributed by atoms with E-state index in [0.717, 1.165) is 6.07 Å². The maximum absolute atomic E-state index is 13.4. The molecule has 9 heteroatoms. The van der Waals surface area contributed by atoms with Crippen molar-refractivity contribution in [3.63, 3.8) is 0 Å². The molecule has 1 saturated heterocycles. The maximum Gasteiger partial charge on any atom is 0.243 e. The molecule has 0 bridgehead atoms. The molecule has 0 unspecified atom stereocenters. The normalized spacial score (nSPS) is 15.9. The fraction of sp³-hybridized carbons (Fsp3) is 0.316. The van der Waals surface area contributed by atoms with Crippen molar-refractivity contribution in [3.05, 3.63) is 54.3 Å². The summed E-state index contributed by atoms with van der Waals surface area (Å²) >= 11 is 0. The number of amides is 1. The predicted octanol–water partition coefficient (Wildman–Crippen LogP) is 1.78. The van der Waals surface area contributed by atoms with Gasteiger partial charge in [-0.15, -0.1) is 0 Å². The van der Waals surface area contributed by atoms with Crippen LogP contribution in [0.1, 0.15) is 0 Å². The average Bonchev–Trinajstić information content (AvgIpc) is 2.69. The van der Waals surface area contributed by atoms with E-state index in [-0.39, 0.29) is 30.4 Å². The molecule has 1 aliphatic rings. The zero-order chi connectivity index (χ0) is 20.1. The highest BCUT2D eigenvalue weighted by Gasteiger charge is 2.29. The van der Waals surface area contributed by atoms with Crippen LogP contribution in [0, 0.1) is 5.82 Å². The highest BCUT2D eigenvalue weighted by molar-refractivity contribution is 7.89. The molecule has 1 fully saturated rings. The summed E-state index contributed by atoms with van der Waals surface area (Å²) < 4.78 is 45.1. The zero-order valence-corrected chi connectivity index (χ0v) is 16.3. The number of nitrogens with zero attached hydrogens (tertiary/aromatic N) is 2. The number of piperazine rings is 1. The lowest BCUT2D eigenvalue weighted by Crippen LogP contribution is -2.50. The number of hydrogen-bond donors (Lipinski definition) is 1. The fourth-order valence-corrected chi connectivity index (χ4v) is 4.50. The summed E-state index contributed by atoms with van der Waals surface area (Å²) in [6.45, 7) is 1.44. The van der Waals surface area contributed by atoms with Gasteiger partial charge in [-0.05, 0) is 30.3 Å². The molecule has 150 valence electrons. The van der Waals surface area contributed by atoms with E-state index in [1.165, 1.54) is 29.6 Å². The number of para-hydroxylation sites is 2. The van der Waals surface area contributed by atoms with Crippen molar-refractivity contribution < 1.29 is 22.3 Å². The van der Waals surface area contributed by atoms with E-state index < -0.39 is 15.8 Å². The zero-order valence-electron chi connectivity index (χ0n) is 15.5. The Labute approximate surface area is 163 Å². The first-order valence-electron chi connectivity index (χ1n) is 8.81. The van der Waals surface area contributed by atoms with E-state index >= 15 is 0 Å². The van der Waals surface area contributed by atoms with E-state index in [1.54, 1.807) is 18.2 Å². The van der Waals surface area contributed by atoms with Crippen LogP contribution in [0.4, 0.5) is 10.1 Å². The molecule has 0 radical (unpaired) electrons. The molecule has 1 amide bonds. The number of nitrogens with one attached hydrogen (secondary N) is 1. The largest absolute Gasteiger partial charge is 0.495 e. The van der Waals surface area contributed by atoms with Crippen LogP contribution in [0.2, 0.25) is 0 Å². The molecular weight excluding hydrogens is 385 g/mol. The molecule has 1 heterocycles. The number of halogens is 1. The Hall–Kier alpha value is -2.49. The standard InChI is InChI=1S/C19H22FN3O4S/c1-27-18-8-3-2-7-17(18)21-19(24)14-22-9-11-23(12-10-22)28(25,26)16-6-4-5-15(20)13-16/h2-8,13H,9-12,14H2,1H3,(H,21,24). The minimum absolute atomic E-state index is 0.0603. The number of ether oxygens (including phenoxy) is 1. The Morgan fingerprint density at radius 2 is 1.82 bits per heavy atom. The molecule has 0 saturated carbocycles. The number of hydrogen-bond acceptors (Lipinski definition) is 5. The molecule has 2 aromatic carbocycles. The van der Waals surface area contributed by atoms with Crippen LogP contribution in [-0.2, 0) is 14.8 Å². The van der Waals surface area contributed by atoms with E-state index in [2.05, 4.69) is 5.32 Å². The van der Waals surface area contributed by atoms with Crippen molar-refractivity contribution in [2.45, 2.75) is 4.90 Å². The van der Waals surface area contributed by atoms with Gasteiger partial charge in [-0.25, -0.2) is 12.8 Å². The molecule has 1 aliphatic heterocycles. The number of sulfonamides is 1. The Bertz CT molecular complexity index is 944. The summed E-state index contributed by atoms with van der Waals surface area (Å²) in [6.07, 6.45) is 0. The second-order valence-corrected chi connectivity index (χ2v) is 8.32. The minimum Gasteiger partial charge on any atom is -0.495 e. The van der Waals surface area contributed by atoms with E-state index in [4.69, 9.17) is 4.74 Å². The van der Waals surface area contributed by atoms with Gasteiger partial charge in [-0.2, -0.15) is 4.31 Å². The second-order valence-electron chi connectivity index (χ2n) is 6.39. The van der Waals surface area contributed by atoms with Crippen molar-refractivity contribution in [1.82, 2.24) is 9.21 Å². The molecule has 1 N–H and O–H groups in total. The highest BCUT2D eigenvalue weighted by atomic mass is 32.2. The summed E-state index contributed by atoms with van der Waals surface area (Å²) in [5, 5.41) is 2.80. The van der Waals surface area contributed by atoms with Crippen molar-refractivity contribution in [3.8, 4) is 5.75 Å². The van der Waals surface area contributed by atoms with Crippen LogP contribution in [0.15, 0.2) is 53.4 Å². The molecule has 3 rings (SSSR count). The molecule has 28 heavy (non-hydrogen) atoms. The summed E-state index contributed by atoms with van der Waals surface area (Å²) in [5.41, 5.74) is 0.585. The Balaban J connectivity index is 1.56. The number of benzene rings is 2. The molecule has 0 aliphatic carbocycles. The lowest BCUT2D eigenvalue weighted by atomic mass is 10.3. The third kappa shape index (κ3) is 4.67. The van der Waals surface area contributed by atoms with Crippen LogP contribution in [0.5, 0.6) is 5.75 Å². The Kier molecular flexibility index (Phi) is 6.28. The van der Waals surface area contributed by atoms with Gasteiger partial charge in [0.2, 0.25) is 15.9 Å². The van der Waals surface area contributed by atoms with Crippen molar-refractivity contribution >= 4 is 21.6 Å². The Morgan fingerprint density at radius 1 is 1.11 bits per heavy atom. The molecule has 7 nitrogen and oxygen atoms in total. The molecule has 0 atom stereocenters. The monoisotopic (exact) mass is 407 g/mol. The smallest absolute Gasteiger partial charge is 0.243 e. The van der Waals surface area contributed by atoms with Gasteiger partial charge < -0.3 is 10.1 Å². The third-order valence-electron chi connectivity index (χ3n) is 4.51. The summed E-state index contributed by atoms with van der Waals surface area (Å²) in [5.74, 6) is -0.222. The predicted molar refractivity (Wildman–Crippen MR) is 103 cm³/mol. The van der Waals surface area contributed by atoms with Crippen LogP contribution in [-0.4, -0.2) is 63.4 Å². The third-order valence-corrected chi connectivity index (χ3v) is 6.41. The molecule has 0 spiro atoms. The fourth-order valence-electron chi connectivity index (χ4n) is 3.05. The van der Waals surface area contributed by atoms with Gasteiger partial charge in [0.1, 0.15) is 11.6 Å². The van der Waals surface area contributed by atoms with Crippen LogP contribution in [0.3, 0.4) is 0 Å². The van der Waals surface area contributed by atoms with Crippen molar-refractivity contribution in [2.24, 2.45) is 0 Å². The highest BCUT2D eigenvalue weighted by Crippen LogP contribution is 2.23. The average molecular weight is 407 g/mol.